The third-order valence-electron chi connectivity index (χ3n) is 4.24. The summed E-state index contributed by atoms with van der Waals surface area (Å²) in [4.78, 5) is 16.6. The van der Waals surface area contributed by atoms with E-state index in [1.807, 2.05) is 35.2 Å². The van der Waals surface area contributed by atoms with Crippen molar-refractivity contribution in [2.24, 2.45) is 0 Å². The Morgan fingerprint density at radius 2 is 1.92 bits per heavy atom. The SMILES string of the molecule is O=C(c1ccco1)N1CCCN(CCCOc2ccccc2)CC1. The Bertz CT molecular complexity index is 613. The molecule has 0 aliphatic carbocycles. The van der Waals surface area contributed by atoms with Crippen LogP contribution in [0.5, 0.6) is 5.75 Å². The molecular formula is C19H24N2O3. The summed E-state index contributed by atoms with van der Waals surface area (Å²) in [5, 5.41) is 0. The van der Waals surface area contributed by atoms with Crippen LogP contribution >= 0.6 is 0 Å². The molecule has 0 radical (unpaired) electrons. The molecule has 1 aromatic heterocycles. The third kappa shape index (κ3) is 4.61. The molecule has 1 amide bonds. The molecule has 0 saturated carbocycles. The van der Waals surface area contributed by atoms with E-state index in [1.54, 1.807) is 18.4 Å². The predicted molar refractivity (Wildman–Crippen MR) is 92.2 cm³/mol. The van der Waals surface area contributed by atoms with Crippen molar-refractivity contribution in [3.63, 3.8) is 0 Å². The number of rotatable bonds is 6. The second-order valence-corrected chi connectivity index (χ2v) is 5.98. The molecule has 0 spiro atoms. The van der Waals surface area contributed by atoms with Gasteiger partial charge in [0.1, 0.15) is 5.75 Å². The van der Waals surface area contributed by atoms with Crippen LogP contribution in [-0.2, 0) is 0 Å². The van der Waals surface area contributed by atoms with Crippen molar-refractivity contribution in [2.45, 2.75) is 12.8 Å². The van der Waals surface area contributed by atoms with Crippen molar-refractivity contribution in [1.29, 1.82) is 0 Å². The van der Waals surface area contributed by atoms with Gasteiger partial charge in [0, 0.05) is 26.2 Å². The number of nitrogens with zero attached hydrogens (tertiary/aromatic N) is 2. The van der Waals surface area contributed by atoms with Crippen molar-refractivity contribution in [2.75, 3.05) is 39.3 Å². The van der Waals surface area contributed by atoms with Gasteiger partial charge in [-0.1, -0.05) is 18.2 Å². The summed E-state index contributed by atoms with van der Waals surface area (Å²) in [6, 6.07) is 13.4. The zero-order valence-electron chi connectivity index (χ0n) is 13.9. The Hall–Kier alpha value is -2.27. The maximum atomic E-state index is 12.3. The Kier molecular flexibility index (Phi) is 5.90. The summed E-state index contributed by atoms with van der Waals surface area (Å²) < 4.78 is 10.9. The van der Waals surface area contributed by atoms with E-state index in [4.69, 9.17) is 9.15 Å². The van der Waals surface area contributed by atoms with E-state index >= 15 is 0 Å². The second kappa shape index (κ2) is 8.55. The molecule has 0 unspecified atom stereocenters. The minimum Gasteiger partial charge on any atom is -0.494 e. The molecule has 1 saturated heterocycles. The first kappa shape index (κ1) is 16.6. The van der Waals surface area contributed by atoms with Crippen molar-refractivity contribution < 1.29 is 13.9 Å². The van der Waals surface area contributed by atoms with Gasteiger partial charge in [0.2, 0.25) is 0 Å². The molecule has 1 aliphatic heterocycles. The van der Waals surface area contributed by atoms with Crippen LogP contribution in [-0.4, -0.2) is 55.0 Å². The Labute approximate surface area is 142 Å². The topological polar surface area (TPSA) is 45.9 Å². The lowest BCUT2D eigenvalue weighted by Gasteiger charge is -2.21. The predicted octanol–water partition coefficient (Wildman–Crippen LogP) is 2.90. The fraction of sp³-hybridized carbons (Fsp3) is 0.421. The van der Waals surface area contributed by atoms with Crippen LogP contribution in [0.1, 0.15) is 23.4 Å². The van der Waals surface area contributed by atoms with Gasteiger partial charge in [-0.25, -0.2) is 0 Å². The molecule has 2 heterocycles. The smallest absolute Gasteiger partial charge is 0.289 e. The summed E-state index contributed by atoms with van der Waals surface area (Å²) in [6.07, 6.45) is 3.52. The fourth-order valence-electron chi connectivity index (χ4n) is 2.95. The third-order valence-corrected chi connectivity index (χ3v) is 4.24. The average molecular weight is 328 g/mol. The van der Waals surface area contributed by atoms with Crippen molar-refractivity contribution >= 4 is 5.91 Å². The number of amides is 1. The van der Waals surface area contributed by atoms with Crippen LogP contribution in [0, 0.1) is 0 Å². The van der Waals surface area contributed by atoms with Crippen LogP contribution in [0.15, 0.2) is 53.1 Å². The van der Waals surface area contributed by atoms with Crippen LogP contribution < -0.4 is 4.74 Å². The first-order valence-electron chi connectivity index (χ1n) is 8.56. The molecule has 5 nitrogen and oxygen atoms in total. The maximum absolute atomic E-state index is 12.3. The summed E-state index contributed by atoms with van der Waals surface area (Å²) in [6.45, 7) is 5.17. The van der Waals surface area contributed by atoms with Gasteiger partial charge in [0.05, 0.1) is 12.9 Å². The van der Waals surface area contributed by atoms with Crippen LogP contribution in [0.2, 0.25) is 0 Å². The molecule has 0 atom stereocenters. The van der Waals surface area contributed by atoms with Gasteiger partial charge in [0.15, 0.2) is 5.76 Å². The lowest BCUT2D eigenvalue weighted by Crippen LogP contribution is -2.35. The van der Waals surface area contributed by atoms with Gasteiger partial charge < -0.3 is 19.0 Å². The summed E-state index contributed by atoms with van der Waals surface area (Å²) in [5.41, 5.74) is 0. The molecule has 5 heteroatoms. The highest BCUT2D eigenvalue weighted by Crippen LogP contribution is 2.11. The summed E-state index contributed by atoms with van der Waals surface area (Å²) in [5.74, 6) is 1.34. The van der Waals surface area contributed by atoms with E-state index in [9.17, 15) is 4.79 Å². The first-order chi connectivity index (χ1) is 11.8. The minimum absolute atomic E-state index is 0.00531. The van der Waals surface area contributed by atoms with E-state index < -0.39 is 0 Å². The molecule has 0 N–H and O–H groups in total. The number of hydrogen-bond donors (Lipinski definition) is 0. The zero-order chi connectivity index (χ0) is 16.6. The molecule has 128 valence electrons. The van der Waals surface area contributed by atoms with Crippen molar-refractivity contribution in [3.8, 4) is 5.75 Å². The van der Waals surface area contributed by atoms with E-state index in [0.717, 1.165) is 57.9 Å². The van der Waals surface area contributed by atoms with Crippen LogP contribution in [0.4, 0.5) is 0 Å². The number of carbonyl (C=O) groups excluding carboxylic acids is 1. The highest BCUT2D eigenvalue weighted by atomic mass is 16.5. The van der Waals surface area contributed by atoms with Crippen molar-refractivity contribution in [1.82, 2.24) is 9.80 Å². The Morgan fingerprint density at radius 3 is 2.71 bits per heavy atom. The van der Waals surface area contributed by atoms with Gasteiger partial charge in [-0.2, -0.15) is 0 Å². The Morgan fingerprint density at radius 1 is 1.04 bits per heavy atom. The van der Waals surface area contributed by atoms with Gasteiger partial charge >= 0.3 is 0 Å². The Balaban J connectivity index is 1.38. The zero-order valence-corrected chi connectivity index (χ0v) is 13.9. The van der Waals surface area contributed by atoms with Crippen molar-refractivity contribution in [3.05, 3.63) is 54.5 Å². The number of ether oxygens (including phenoxy) is 1. The number of benzene rings is 1. The van der Waals surface area contributed by atoms with Gasteiger partial charge in [-0.15, -0.1) is 0 Å². The molecule has 1 aliphatic rings. The summed E-state index contributed by atoms with van der Waals surface area (Å²) >= 11 is 0. The van der Waals surface area contributed by atoms with Gasteiger partial charge in [0.25, 0.3) is 5.91 Å². The molecule has 3 rings (SSSR count). The molecule has 2 aromatic rings. The highest BCUT2D eigenvalue weighted by molar-refractivity contribution is 5.91. The largest absolute Gasteiger partial charge is 0.494 e. The molecule has 1 fully saturated rings. The van der Waals surface area contributed by atoms with Gasteiger partial charge in [-0.05, 0) is 43.7 Å². The number of carbonyl (C=O) groups is 1. The molecule has 1 aromatic carbocycles. The van der Waals surface area contributed by atoms with Crippen LogP contribution in [0.25, 0.3) is 0 Å². The average Bonchev–Trinajstić information content (AvgIpc) is 3.05. The summed E-state index contributed by atoms with van der Waals surface area (Å²) in [7, 11) is 0. The molecular weight excluding hydrogens is 304 g/mol. The number of para-hydroxylation sites is 1. The normalized spacial score (nSPS) is 15.9. The first-order valence-corrected chi connectivity index (χ1v) is 8.56. The van der Waals surface area contributed by atoms with E-state index in [-0.39, 0.29) is 5.91 Å². The monoisotopic (exact) mass is 328 g/mol. The lowest BCUT2D eigenvalue weighted by molar-refractivity contribution is 0.0729. The standard InChI is InChI=1S/C19H24N2O3/c22-19(18-9-4-15-24-18)21-12-5-10-20(13-14-21)11-6-16-23-17-7-2-1-3-8-17/h1-4,7-9,15H,5-6,10-14,16H2. The molecule has 0 bridgehead atoms. The number of furan rings is 1. The van der Waals surface area contributed by atoms with E-state index in [0.29, 0.717) is 5.76 Å². The lowest BCUT2D eigenvalue weighted by atomic mass is 10.3. The highest BCUT2D eigenvalue weighted by Gasteiger charge is 2.21. The maximum Gasteiger partial charge on any atom is 0.289 e. The number of hydrogen-bond acceptors (Lipinski definition) is 4. The quantitative estimate of drug-likeness (QED) is 0.765. The minimum atomic E-state index is -0.00531. The second-order valence-electron chi connectivity index (χ2n) is 5.98. The van der Waals surface area contributed by atoms with Crippen LogP contribution in [0.3, 0.4) is 0 Å². The fourth-order valence-corrected chi connectivity index (χ4v) is 2.95. The van der Waals surface area contributed by atoms with E-state index in [2.05, 4.69) is 4.90 Å². The molecule has 24 heavy (non-hydrogen) atoms. The van der Waals surface area contributed by atoms with E-state index in [1.165, 1.54) is 0 Å². The van der Waals surface area contributed by atoms with Gasteiger partial charge in [-0.3, -0.25) is 4.79 Å².